The monoisotopic (exact) mass is 558 g/mol. The lowest BCUT2D eigenvalue weighted by atomic mass is 9.99. The van der Waals surface area contributed by atoms with Gasteiger partial charge in [-0.2, -0.15) is 0 Å². The van der Waals surface area contributed by atoms with Crippen LogP contribution >= 0.6 is 0 Å². The molecule has 0 spiro atoms. The Kier molecular flexibility index (Phi) is 10.8. The van der Waals surface area contributed by atoms with Crippen molar-refractivity contribution in [2.75, 3.05) is 0 Å². The number of hydrogen-bond donors (Lipinski definition) is 0. The highest BCUT2D eigenvalue weighted by molar-refractivity contribution is 6.17. The molecular formula is C36H38N4O2. The average molecular weight is 559 g/mol. The summed E-state index contributed by atoms with van der Waals surface area (Å²) in [5.74, 6) is 1.62. The molecule has 0 atom stereocenters. The van der Waals surface area contributed by atoms with Gasteiger partial charge in [0.2, 0.25) is 0 Å². The third-order valence-corrected chi connectivity index (χ3v) is 8.00. The fourth-order valence-electron chi connectivity index (χ4n) is 5.75. The van der Waals surface area contributed by atoms with Crippen LogP contribution in [0, 0.1) is 35.8 Å². The summed E-state index contributed by atoms with van der Waals surface area (Å²) in [5.41, 5.74) is 0.943. The Morgan fingerprint density at radius 2 is 0.976 bits per heavy atom. The molecule has 0 fully saturated rings. The predicted molar refractivity (Wildman–Crippen MR) is 168 cm³/mol. The van der Waals surface area contributed by atoms with Crippen LogP contribution in [0.5, 0.6) is 0 Å². The van der Waals surface area contributed by atoms with Crippen LogP contribution < -0.4 is 10.4 Å². The molecule has 4 rings (SSSR count). The van der Waals surface area contributed by atoms with E-state index < -0.39 is 0 Å². The van der Waals surface area contributed by atoms with Crippen molar-refractivity contribution < 1.29 is 8.83 Å². The number of nitrogens with zero attached hydrogens (tertiary/aromatic N) is 4. The minimum Gasteiger partial charge on any atom is -0.462 e. The molecule has 0 bridgehead atoms. The van der Waals surface area contributed by atoms with E-state index in [1.54, 1.807) is 0 Å². The molecule has 0 radical (unpaired) electrons. The van der Waals surface area contributed by atoms with Gasteiger partial charge in [-0.05, 0) is 35.7 Å². The van der Waals surface area contributed by atoms with Gasteiger partial charge in [-0.25, -0.2) is 20.2 Å². The Hall–Kier alpha value is -4.52. The molecule has 0 N–H and O–H groups in total. The van der Waals surface area contributed by atoms with Crippen molar-refractivity contribution in [2.24, 2.45) is 0 Å². The largest absolute Gasteiger partial charge is 0.462 e. The molecule has 0 saturated heterocycles. The molecule has 6 heteroatoms. The summed E-state index contributed by atoms with van der Waals surface area (Å²) >= 11 is 0. The summed E-state index contributed by atoms with van der Waals surface area (Å²) in [7, 11) is 0. The van der Waals surface area contributed by atoms with Crippen LogP contribution in [0.25, 0.3) is 53.8 Å². The van der Waals surface area contributed by atoms with E-state index >= 15 is 0 Å². The second-order valence-electron chi connectivity index (χ2n) is 11.0. The first-order chi connectivity index (χ1) is 20.6. The van der Waals surface area contributed by atoms with Gasteiger partial charge in [0, 0.05) is 34.1 Å². The van der Waals surface area contributed by atoms with Gasteiger partial charge < -0.3 is 8.83 Å². The van der Waals surface area contributed by atoms with E-state index in [4.69, 9.17) is 22.0 Å². The zero-order chi connectivity index (χ0) is 29.9. The van der Waals surface area contributed by atoms with Crippen molar-refractivity contribution in [1.29, 1.82) is 10.5 Å². The second kappa shape index (κ2) is 14.9. The standard InChI is InChI=1S/C36H38N4O2/c1-5-7-9-11-13-15-17-25-19-29-27-21-32(34(24-38)40-4)36-30(20-26(42-36)18-16-14-12-10-8-6-2)28(27)22-31(35(29)41-25)33(23-37)39-3/h19-22H,5-18H2,1-2H3/b33-31-,34-32+. The molecule has 2 heterocycles. The molecular weight excluding hydrogens is 520 g/mol. The van der Waals surface area contributed by atoms with Crippen LogP contribution in [-0.4, -0.2) is 0 Å². The highest BCUT2D eigenvalue weighted by Crippen LogP contribution is 2.32. The molecule has 2 aromatic heterocycles. The van der Waals surface area contributed by atoms with Gasteiger partial charge in [-0.3, -0.25) is 0 Å². The smallest absolute Gasteiger partial charge is 0.272 e. The number of unbranched alkanes of at least 4 members (excludes halogenated alkanes) is 10. The van der Waals surface area contributed by atoms with Gasteiger partial charge in [0.05, 0.1) is 25.3 Å². The average Bonchev–Trinajstić information content (AvgIpc) is 3.63. The molecule has 0 aliphatic rings. The van der Waals surface area contributed by atoms with Gasteiger partial charge >= 0.3 is 0 Å². The molecule has 6 nitrogen and oxygen atoms in total. The van der Waals surface area contributed by atoms with Gasteiger partial charge in [0.15, 0.2) is 0 Å². The maximum atomic E-state index is 9.80. The summed E-state index contributed by atoms with van der Waals surface area (Å²) in [6.07, 6.45) is 15.6. The Labute approximate surface area is 248 Å². The van der Waals surface area contributed by atoms with Crippen LogP contribution in [0.3, 0.4) is 0 Å². The first kappa shape index (κ1) is 30.4. The molecule has 0 saturated carbocycles. The third kappa shape index (κ3) is 6.68. The van der Waals surface area contributed by atoms with Gasteiger partial charge in [0.25, 0.3) is 11.4 Å². The summed E-state index contributed by atoms with van der Waals surface area (Å²) in [5, 5.41) is 23.7. The summed E-state index contributed by atoms with van der Waals surface area (Å²) in [6.45, 7) is 19.7. The number of fused-ring (bicyclic) bond motifs is 5. The van der Waals surface area contributed by atoms with Crippen molar-refractivity contribution in [1.82, 2.24) is 0 Å². The van der Waals surface area contributed by atoms with Crippen LogP contribution in [0.15, 0.2) is 33.1 Å². The van der Waals surface area contributed by atoms with Crippen molar-refractivity contribution >= 4 is 44.1 Å². The Balaban J connectivity index is 1.88. The van der Waals surface area contributed by atoms with Crippen LogP contribution in [0.1, 0.15) is 102 Å². The van der Waals surface area contributed by atoms with E-state index in [0.29, 0.717) is 21.6 Å². The molecule has 4 aromatic rings. The van der Waals surface area contributed by atoms with Gasteiger partial charge in [0.1, 0.15) is 22.7 Å². The lowest BCUT2D eigenvalue weighted by molar-refractivity contribution is 0.520. The third-order valence-electron chi connectivity index (χ3n) is 8.00. The van der Waals surface area contributed by atoms with Crippen molar-refractivity contribution in [2.45, 2.75) is 104 Å². The Morgan fingerprint density at radius 3 is 1.33 bits per heavy atom. The molecule has 0 aliphatic heterocycles. The molecule has 214 valence electrons. The lowest BCUT2D eigenvalue weighted by Crippen LogP contribution is -2.08. The topological polar surface area (TPSA) is 82.6 Å². The fraction of sp³-hybridized carbons (Fsp3) is 0.444. The van der Waals surface area contributed by atoms with Gasteiger partial charge in [-0.1, -0.05) is 90.2 Å². The molecule has 2 aromatic carbocycles. The minimum atomic E-state index is -0.0270. The first-order valence-electron chi connectivity index (χ1n) is 15.3. The van der Waals surface area contributed by atoms with Crippen molar-refractivity contribution in [3.8, 4) is 12.1 Å². The van der Waals surface area contributed by atoms with Crippen molar-refractivity contribution in [3.63, 3.8) is 0 Å². The number of benzene rings is 2. The van der Waals surface area contributed by atoms with E-state index in [2.05, 4.69) is 23.5 Å². The number of aryl methyl sites for hydroxylation is 2. The Morgan fingerprint density at radius 1 is 0.595 bits per heavy atom. The second-order valence-corrected chi connectivity index (χ2v) is 11.0. The fourth-order valence-corrected chi connectivity index (χ4v) is 5.75. The number of furan rings is 2. The van der Waals surface area contributed by atoms with E-state index in [-0.39, 0.29) is 11.4 Å². The predicted octanol–water partition coefficient (Wildman–Crippen LogP) is 9.24. The van der Waals surface area contributed by atoms with Crippen LogP contribution in [-0.2, 0) is 12.8 Å². The Bertz CT molecular complexity index is 1690. The maximum absolute atomic E-state index is 9.80. The van der Waals surface area contributed by atoms with Gasteiger partial charge in [-0.15, -0.1) is 0 Å². The van der Waals surface area contributed by atoms with E-state index in [1.807, 2.05) is 36.4 Å². The van der Waals surface area contributed by atoms with Crippen LogP contribution in [0.4, 0.5) is 0 Å². The highest BCUT2D eigenvalue weighted by atomic mass is 16.3. The van der Waals surface area contributed by atoms with Crippen LogP contribution in [0.2, 0.25) is 0 Å². The van der Waals surface area contributed by atoms with E-state index in [9.17, 15) is 10.5 Å². The zero-order valence-electron chi connectivity index (χ0n) is 24.8. The minimum absolute atomic E-state index is 0.0270. The summed E-state index contributed by atoms with van der Waals surface area (Å²) in [4.78, 5) is 7.02. The summed E-state index contributed by atoms with van der Waals surface area (Å²) < 4.78 is 12.6. The normalized spacial score (nSPS) is 12.6. The number of rotatable bonds is 14. The number of hydrogen-bond acceptors (Lipinski definition) is 4. The van der Waals surface area contributed by atoms with Crippen molar-refractivity contribution in [3.05, 3.63) is 69.1 Å². The van der Waals surface area contributed by atoms with E-state index in [1.165, 1.54) is 51.4 Å². The quantitative estimate of drug-likeness (QED) is 0.114. The summed E-state index contributed by atoms with van der Waals surface area (Å²) in [6, 6.07) is 11.8. The molecule has 42 heavy (non-hydrogen) atoms. The van der Waals surface area contributed by atoms with E-state index in [0.717, 1.165) is 71.6 Å². The zero-order valence-corrected chi connectivity index (χ0v) is 24.8. The highest BCUT2D eigenvalue weighted by Gasteiger charge is 2.18. The molecule has 0 unspecified atom stereocenters. The maximum Gasteiger partial charge on any atom is 0.272 e. The molecule has 0 aliphatic carbocycles. The first-order valence-corrected chi connectivity index (χ1v) is 15.3. The number of nitriles is 2. The molecule has 0 amide bonds. The lowest BCUT2D eigenvalue weighted by Gasteiger charge is -2.04. The SMILES string of the molecule is [C-]#[N+]/C(C#N)=c1/cc2c3cc(CCCCCCCC)oc3/c(=C(\C#N)[N+]#[C-])cc2c2cc(CCCCCCCC)oc12.